The summed E-state index contributed by atoms with van der Waals surface area (Å²) in [7, 11) is -3.01. The lowest BCUT2D eigenvalue weighted by molar-refractivity contribution is -0.129. The second-order valence-corrected chi connectivity index (χ2v) is 11.5. The molecule has 0 N–H and O–H groups in total. The highest BCUT2D eigenvalue weighted by molar-refractivity contribution is 7.99. The van der Waals surface area contributed by atoms with Crippen molar-refractivity contribution in [1.82, 2.24) is 19.7 Å². The molecular formula is C18H24N4O3S3. The molecule has 0 spiro atoms. The standard InChI is InChI=1S/C18H24N4O3S3/c1-2-21(14-7-9-28(24,25)12-14)17(23)11-27-18-20-19-16(22(18)13-5-6-13)10-15-4-3-8-26-15/h3-4,8,13-14H,2,5-7,9-12H2,1H3. The molecular weight excluding hydrogens is 416 g/mol. The van der Waals surface area contributed by atoms with Crippen molar-refractivity contribution in [3.8, 4) is 0 Å². The van der Waals surface area contributed by atoms with Crippen LogP contribution in [0, 0.1) is 0 Å². The molecule has 2 aromatic heterocycles. The van der Waals surface area contributed by atoms with Crippen molar-refractivity contribution in [2.45, 2.75) is 49.8 Å². The fourth-order valence-electron chi connectivity index (χ4n) is 3.66. The molecule has 1 amide bonds. The van der Waals surface area contributed by atoms with Gasteiger partial charge in [-0.25, -0.2) is 8.42 Å². The number of thioether (sulfide) groups is 1. The average Bonchev–Trinajstić information content (AvgIpc) is 3.04. The fraction of sp³-hybridized carbons (Fsp3) is 0.611. The van der Waals surface area contributed by atoms with Gasteiger partial charge in [0.05, 0.1) is 17.3 Å². The zero-order chi connectivity index (χ0) is 19.7. The number of hydrogen-bond donors (Lipinski definition) is 0. The number of hydrogen-bond acceptors (Lipinski definition) is 7. The monoisotopic (exact) mass is 440 g/mol. The Morgan fingerprint density at radius 3 is 2.79 bits per heavy atom. The van der Waals surface area contributed by atoms with E-state index in [1.54, 1.807) is 16.2 Å². The van der Waals surface area contributed by atoms with E-state index in [1.807, 2.05) is 13.0 Å². The van der Waals surface area contributed by atoms with Crippen LogP contribution in [-0.4, -0.2) is 63.8 Å². The number of carbonyl (C=O) groups excluding carboxylic acids is 1. The molecule has 152 valence electrons. The second kappa shape index (κ2) is 8.16. The Morgan fingerprint density at radius 2 is 2.18 bits per heavy atom. The van der Waals surface area contributed by atoms with Crippen LogP contribution in [0.3, 0.4) is 0 Å². The minimum Gasteiger partial charge on any atom is -0.338 e. The van der Waals surface area contributed by atoms with E-state index < -0.39 is 9.84 Å². The second-order valence-electron chi connectivity index (χ2n) is 7.28. The fourth-order valence-corrected chi connectivity index (χ4v) is 7.01. The smallest absolute Gasteiger partial charge is 0.233 e. The SMILES string of the molecule is CCN(C(=O)CSc1nnc(Cc2cccs2)n1C1CC1)C1CCS(=O)(=O)C1. The summed E-state index contributed by atoms with van der Waals surface area (Å²) in [4.78, 5) is 15.7. The molecule has 2 aromatic rings. The number of nitrogens with zero attached hydrogens (tertiary/aromatic N) is 4. The first-order valence-corrected chi connectivity index (χ1v) is 13.2. The van der Waals surface area contributed by atoms with E-state index in [4.69, 9.17) is 0 Å². The molecule has 3 heterocycles. The van der Waals surface area contributed by atoms with Crippen molar-refractivity contribution in [3.05, 3.63) is 28.2 Å². The van der Waals surface area contributed by atoms with E-state index in [9.17, 15) is 13.2 Å². The highest BCUT2D eigenvalue weighted by atomic mass is 32.2. The largest absolute Gasteiger partial charge is 0.338 e. The summed E-state index contributed by atoms with van der Waals surface area (Å²) in [6.07, 6.45) is 3.54. The lowest BCUT2D eigenvalue weighted by Gasteiger charge is -2.26. The molecule has 1 aliphatic heterocycles. The molecule has 0 aromatic carbocycles. The molecule has 1 unspecified atom stereocenters. The highest BCUT2D eigenvalue weighted by Gasteiger charge is 2.34. The molecule has 2 fully saturated rings. The summed E-state index contributed by atoms with van der Waals surface area (Å²) in [6.45, 7) is 2.43. The molecule has 2 aliphatic rings. The maximum absolute atomic E-state index is 12.8. The van der Waals surface area contributed by atoms with Crippen LogP contribution in [0.2, 0.25) is 0 Å². The van der Waals surface area contributed by atoms with Crippen LogP contribution in [0.15, 0.2) is 22.7 Å². The summed E-state index contributed by atoms with van der Waals surface area (Å²) in [5.74, 6) is 1.44. The zero-order valence-corrected chi connectivity index (χ0v) is 18.2. The average molecular weight is 441 g/mol. The highest BCUT2D eigenvalue weighted by Crippen LogP contribution is 2.39. The van der Waals surface area contributed by atoms with Gasteiger partial charge in [-0.05, 0) is 37.6 Å². The van der Waals surface area contributed by atoms with Crippen molar-refractivity contribution in [1.29, 1.82) is 0 Å². The quantitative estimate of drug-likeness (QED) is 0.586. The lowest BCUT2D eigenvalue weighted by atomic mass is 10.2. The molecule has 0 bridgehead atoms. The van der Waals surface area contributed by atoms with Gasteiger partial charge in [0.1, 0.15) is 5.82 Å². The van der Waals surface area contributed by atoms with Gasteiger partial charge in [0.15, 0.2) is 15.0 Å². The van der Waals surface area contributed by atoms with Gasteiger partial charge < -0.3 is 9.47 Å². The van der Waals surface area contributed by atoms with Crippen LogP contribution in [0.25, 0.3) is 0 Å². The van der Waals surface area contributed by atoms with E-state index >= 15 is 0 Å². The third kappa shape index (κ3) is 4.44. The van der Waals surface area contributed by atoms with Crippen molar-refractivity contribution < 1.29 is 13.2 Å². The van der Waals surface area contributed by atoms with Crippen molar-refractivity contribution >= 4 is 38.8 Å². The van der Waals surface area contributed by atoms with Gasteiger partial charge in [0.25, 0.3) is 0 Å². The van der Waals surface area contributed by atoms with E-state index in [2.05, 4.69) is 26.2 Å². The van der Waals surface area contributed by atoms with Gasteiger partial charge in [0.2, 0.25) is 5.91 Å². The van der Waals surface area contributed by atoms with Crippen LogP contribution in [-0.2, 0) is 21.1 Å². The molecule has 1 atom stereocenters. The van der Waals surface area contributed by atoms with Crippen molar-refractivity contribution in [2.24, 2.45) is 0 Å². The summed E-state index contributed by atoms with van der Waals surface area (Å²) in [5, 5.41) is 11.6. The Kier molecular flexibility index (Phi) is 5.80. The van der Waals surface area contributed by atoms with Gasteiger partial charge in [-0.1, -0.05) is 17.8 Å². The molecule has 0 radical (unpaired) electrons. The number of thiophene rings is 1. The van der Waals surface area contributed by atoms with E-state index in [1.165, 1.54) is 16.6 Å². The third-order valence-electron chi connectivity index (χ3n) is 5.19. The summed E-state index contributed by atoms with van der Waals surface area (Å²) >= 11 is 3.12. The Morgan fingerprint density at radius 1 is 1.36 bits per heavy atom. The van der Waals surface area contributed by atoms with Gasteiger partial charge in [-0.2, -0.15) is 0 Å². The van der Waals surface area contributed by atoms with Gasteiger partial charge in [-0.3, -0.25) is 4.79 Å². The van der Waals surface area contributed by atoms with Crippen molar-refractivity contribution in [3.63, 3.8) is 0 Å². The molecule has 1 saturated heterocycles. The van der Waals surface area contributed by atoms with Gasteiger partial charge in [0, 0.05) is 29.9 Å². The third-order valence-corrected chi connectivity index (χ3v) is 8.75. The topological polar surface area (TPSA) is 85.2 Å². The Bertz CT molecular complexity index is 935. The molecule has 28 heavy (non-hydrogen) atoms. The normalized spacial score (nSPS) is 21.1. The van der Waals surface area contributed by atoms with Gasteiger partial charge in [-0.15, -0.1) is 21.5 Å². The molecule has 1 saturated carbocycles. The summed E-state index contributed by atoms with van der Waals surface area (Å²) < 4.78 is 25.7. The minimum atomic E-state index is -3.01. The Labute approximate surface area is 173 Å². The number of carbonyl (C=O) groups is 1. The van der Waals surface area contributed by atoms with Crippen LogP contribution in [0.1, 0.15) is 42.9 Å². The Hall–Kier alpha value is -1.39. The first kappa shape index (κ1) is 19.9. The van der Waals surface area contributed by atoms with Crippen molar-refractivity contribution in [2.75, 3.05) is 23.8 Å². The summed E-state index contributed by atoms with van der Waals surface area (Å²) in [6, 6.07) is 4.37. The van der Waals surface area contributed by atoms with Gasteiger partial charge >= 0.3 is 0 Å². The first-order chi connectivity index (χ1) is 13.5. The summed E-state index contributed by atoms with van der Waals surface area (Å²) in [5.41, 5.74) is 0. The number of sulfone groups is 1. The molecule has 7 nitrogen and oxygen atoms in total. The minimum absolute atomic E-state index is 0.0280. The van der Waals surface area contributed by atoms with E-state index in [0.29, 0.717) is 19.0 Å². The molecule has 4 rings (SSSR count). The molecule has 1 aliphatic carbocycles. The molecule has 10 heteroatoms. The van der Waals surface area contributed by atoms with Crippen LogP contribution in [0.5, 0.6) is 0 Å². The first-order valence-electron chi connectivity index (χ1n) is 9.55. The maximum Gasteiger partial charge on any atom is 0.233 e. The number of rotatable bonds is 8. The lowest BCUT2D eigenvalue weighted by Crippen LogP contribution is -2.42. The Balaban J connectivity index is 1.43. The maximum atomic E-state index is 12.8. The predicted molar refractivity (Wildman–Crippen MR) is 111 cm³/mol. The van der Waals surface area contributed by atoms with Crippen LogP contribution in [0.4, 0.5) is 0 Å². The predicted octanol–water partition coefficient (Wildman–Crippen LogP) is 2.39. The zero-order valence-electron chi connectivity index (χ0n) is 15.8. The van der Waals surface area contributed by atoms with Crippen LogP contribution >= 0.6 is 23.1 Å². The van der Waals surface area contributed by atoms with E-state index in [0.717, 1.165) is 30.2 Å². The number of amides is 1. The van der Waals surface area contributed by atoms with Crippen LogP contribution < -0.4 is 0 Å². The van der Waals surface area contributed by atoms with E-state index in [-0.39, 0.29) is 29.2 Å². The number of aromatic nitrogens is 3.